The minimum absolute atomic E-state index is 0.0535. The Morgan fingerprint density at radius 2 is 2.10 bits per heavy atom. The van der Waals surface area contributed by atoms with E-state index in [0.29, 0.717) is 30.0 Å². The number of morpholine rings is 1. The Balaban J connectivity index is 1.37. The maximum atomic E-state index is 13.9. The molecule has 0 spiro atoms. The third-order valence-corrected chi connectivity index (χ3v) is 6.32. The highest BCUT2D eigenvalue weighted by Gasteiger charge is 2.20. The number of thiazole rings is 1. The second-order valence-corrected chi connectivity index (χ2v) is 8.43. The molecule has 3 aromatic rings. The van der Waals surface area contributed by atoms with Crippen molar-refractivity contribution < 1.29 is 18.3 Å². The molecule has 8 nitrogen and oxygen atoms in total. The molecule has 1 aliphatic heterocycles. The average molecular weight is 467 g/mol. The van der Waals surface area contributed by atoms with Crippen molar-refractivity contribution in [3.63, 3.8) is 0 Å². The lowest BCUT2D eigenvalue weighted by atomic mass is 10.1. The third-order valence-electron chi connectivity index (χ3n) is 4.59. The number of anilines is 2. The van der Waals surface area contributed by atoms with E-state index in [9.17, 15) is 13.6 Å². The number of hydrogen-bond donors (Lipinski definition) is 1. The van der Waals surface area contributed by atoms with Gasteiger partial charge in [0.15, 0.2) is 10.3 Å². The summed E-state index contributed by atoms with van der Waals surface area (Å²) in [6.07, 6.45) is 0. The van der Waals surface area contributed by atoms with E-state index in [0.717, 1.165) is 48.6 Å². The van der Waals surface area contributed by atoms with E-state index < -0.39 is 11.6 Å². The molecule has 0 radical (unpaired) electrons. The summed E-state index contributed by atoms with van der Waals surface area (Å²) in [4.78, 5) is 18.7. The Bertz CT molecular complexity index is 1070. The molecule has 12 heteroatoms. The molecule has 164 valence electrons. The molecule has 1 amide bonds. The van der Waals surface area contributed by atoms with Crippen molar-refractivity contribution in [2.75, 3.05) is 42.3 Å². The highest BCUT2D eigenvalue weighted by Crippen LogP contribution is 2.28. The van der Waals surface area contributed by atoms with Crippen LogP contribution >= 0.6 is 23.1 Å². The van der Waals surface area contributed by atoms with Gasteiger partial charge in [0.2, 0.25) is 11.9 Å². The molecular formula is C19H20F2N6O2S2. The molecule has 31 heavy (non-hydrogen) atoms. The number of halogens is 2. The van der Waals surface area contributed by atoms with Crippen molar-refractivity contribution in [3.8, 4) is 11.3 Å². The molecule has 0 unspecified atom stereocenters. The minimum atomic E-state index is -0.574. The number of thioether (sulfide) groups is 1. The smallest absolute Gasteiger partial charge is 0.236 e. The van der Waals surface area contributed by atoms with E-state index in [1.807, 2.05) is 11.5 Å². The van der Waals surface area contributed by atoms with Crippen molar-refractivity contribution in [1.82, 2.24) is 19.7 Å². The molecule has 0 bridgehead atoms. The minimum Gasteiger partial charge on any atom is -0.378 e. The largest absolute Gasteiger partial charge is 0.378 e. The lowest BCUT2D eigenvalue weighted by Gasteiger charge is -2.27. The SMILES string of the molecule is CCn1c(SCC(=O)Nc2nc(-c3cc(F)ccc3F)cs2)nnc1N1CCOCC1. The summed E-state index contributed by atoms with van der Waals surface area (Å²) in [5.41, 5.74) is 0.323. The quantitative estimate of drug-likeness (QED) is 0.535. The van der Waals surface area contributed by atoms with Crippen LogP contribution in [0.15, 0.2) is 28.7 Å². The van der Waals surface area contributed by atoms with E-state index in [-0.39, 0.29) is 22.9 Å². The molecule has 4 rings (SSSR count). The molecule has 1 N–H and O–H groups in total. The van der Waals surface area contributed by atoms with Gasteiger partial charge in [-0.05, 0) is 25.1 Å². The Morgan fingerprint density at radius 1 is 1.29 bits per heavy atom. The first-order valence-electron chi connectivity index (χ1n) is 9.64. The number of carbonyl (C=O) groups excluding carboxylic acids is 1. The van der Waals surface area contributed by atoms with Gasteiger partial charge in [-0.2, -0.15) is 0 Å². The van der Waals surface area contributed by atoms with Gasteiger partial charge in [0, 0.05) is 30.6 Å². The van der Waals surface area contributed by atoms with E-state index in [2.05, 4.69) is 25.4 Å². The van der Waals surface area contributed by atoms with Gasteiger partial charge < -0.3 is 15.0 Å². The summed E-state index contributed by atoms with van der Waals surface area (Å²) in [6.45, 7) is 5.48. The zero-order valence-electron chi connectivity index (χ0n) is 16.7. The van der Waals surface area contributed by atoms with Gasteiger partial charge in [-0.1, -0.05) is 11.8 Å². The predicted octanol–water partition coefficient (Wildman–Crippen LogP) is 3.27. The summed E-state index contributed by atoms with van der Waals surface area (Å²) >= 11 is 2.42. The molecule has 2 aromatic heterocycles. The first-order chi connectivity index (χ1) is 15.0. The molecular weight excluding hydrogens is 446 g/mol. The van der Waals surface area contributed by atoms with Crippen molar-refractivity contribution in [3.05, 3.63) is 35.2 Å². The van der Waals surface area contributed by atoms with Gasteiger partial charge in [-0.3, -0.25) is 9.36 Å². The highest BCUT2D eigenvalue weighted by molar-refractivity contribution is 7.99. The van der Waals surface area contributed by atoms with Crippen LogP contribution in [-0.2, 0) is 16.1 Å². The normalized spacial score (nSPS) is 14.1. The van der Waals surface area contributed by atoms with Crippen molar-refractivity contribution in [1.29, 1.82) is 0 Å². The van der Waals surface area contributed by atoms with Crippen molar-refractivity contribution in [2.45, 2.75) is 18.6 Å². The predicted molar refractivity (Wildman–Crippen MR) is 116 cm³/mol. The molecule has 1 aliphatic rings. The second-order valence-electron chi connectivity index (χ2n) is 6.63. The van der Waals surface area contributed by atoms with E-state index in [1.165, 1.54) is 11.8 Å². The summed E-state index contributed by atoms with van der Waals surface area (Å²) in [5.74, 6) is -0.512. The van der Waals surface area contributed by atoms with Crippen LogP contribution < -0.4 is 10.2 Å². The average Bonchev–Trinajstić information content (AvgIpc) is 3.41. The number of carbonyl (C=O) groups is 1. The summed E-state index contributed by atoms with van der Waals surface area (Å²) in [7, 11) is 0. The number of nitrogens with one attached hydrogen (secondary N) is 1. The molecule has 0 atom stereocenters. The second kappa shape index (κ2) is 9.71. The Kier molecular flexibility index (Phi) is 6.78. The topological polar surface area (TPSA) is 85.2 Å². The van der Waals surface area contributed by atoms with E-state index >= 15 is 0 Å². The number of benzene rings is 1. The number of rotatable bonds is 7. The van der Waals surface area contributed by atoms with Gasteiger partial charge in [-0.25, -0.2) is 13.8 Å². The van der Waals surface area contributed by atoms with Crippen LogP contribution in [0.3, 0.4) is 0 Å². The first kappa shape index (κ1) is 21.7. The first-order valence-corrected chi connectivity index (χ1v) is 11.5. The zero-order valence-corrected chi connectivity index (χ0v) is 18.3. The van der Waals surface area contributed by atoms with Crippen LogP contribution in [0.4, 0.5) is 19.9 Å². The van der Waals surface area contributed by atoms with Crippen LogP contribution in [0.1, 0.15) is 6.92 Å². The lowest BCUT2D eigenvalue weighted by molar-refractivity contribution is -0.113. The fourth-order valence-corrected chi connectivity index (χ4v) is 4.62. The zero-order chi connectivity index (χ0) is 21.8. The fourth-order valence-electron chi connectivity index (χ4n) is 3.10. The molecule has 1 aromatic carbocycles. The van der Waals surface area contributed by atoms with Crippen LogP contribution in [0.25, 0.3) is 11.3 Å². The maximum absolute atomic E-state index is 13.9. The third kappa shape index (κ3) is 5.02. The fraction of sp³-hybridized carbons (Fsp3) is 0.368. The van der Waals surface area contributed by atoms with Gasteiger partial charge in [0.05, 0.1) is 24.7 Å². The van der Waals surface area contributed by atoms with E-state index in [1.54, 1.807) is 5.38 Å². The standard InChI is InChI=1S/C19H20F2N6O2S2/c1-2-27-18(26-5-7-29-8-6-26)24-25-19(27)31-11-16(28)23-17-22-15(10-30-17)13-9-12(20)3-4-14(13)21/h3-4,9-10H,2,5-8,11H2,1H3,(H,22,23,28). The van der Waals surface area contributed by atoms with Crippen LogP contribution in [-0.4, -0.2) is 57.7 Å². The molecule has 0 aliphatic carbocycles. The molecule has 3 heterocycles. The van der Waals surface area contributed by atoms with Crippen molar-refractivity contribution in [2.24, 2.45) is 0 Å². The Labute approximate surface area is 185 Å². The van der Waals surface area contributed by atoms with E-state index in [4.69, 9.17) is 4.74 Å². The Morgan fingerprint density at radius 3 is 2.87 bits per heavy atom. The monoisotopic (exact) mass is 466 g/mol. The van der Waals surface area contributed by atoms with Gasteiger partial charge in [-0.15, -0.1) is 21.5 Å². The van der Waals surface area contributed by atoms with Crippen LogP contribution in [0.2, 0.25) is 0 Å². The molecule has 1 fully saturated rings. The van der Waals surface area contributed by atoms with Crippen LogP contribution in [0, 0.1) is 11.6 Å². The highest BCUT2D eigenvalue weighted by atomic mass is 32.2. The summed E-state index contributed by atoms with van der Waals surface area (Å²) < 4.78 is 34.7. The van der Waals surface area contributed by atoms with Gasteiger partial charge in [0.1, 0.15) is 11.6 Å². The number of hydrogen-bond acceptors (Lipinski definition) is 8. The number of aromatic nitrogens is 4. The van der Waals surface area contributed by atoms with Crippen LogP contribution in [0.5, 0.6) is 0 Å². The van der Waals surface area contributed by atoms with Crippen molar-refractivity contribution >= 4 is 40.1 Å². The van der Waals surface area contributed by atoms with Gasteiger partial charge >= 0.3 is 0 Å². The molecule has 0 saturated carbocycles. The Hall–Kier alpha value is -2.57. The van der Waals surface area contributed by atoms with Gasteiger partial charge in [0.25, 0.3) is 0 Å². The number of nitrogens with zero attached hydrogens (tertiary/aromatic N) is 5. The summed E-state index contributed by atoms with van der Waals surface area (Å²) in [5, 5.41) is 13.7. The summed E-state index contributed by atoms with van der Waals surface area (Å²) in [6, 6.07) is 3.17. The molecule has 1 saturated heterocycles. The maximum Gasteiger partial charge on any atom is 0.236 e. The number of amides is 1. The number of ether oxygens (including phenoxy) is 1. The lowest BCUT2D eigenvalue weighted by Crippen LogP contribution is -2.38.